The lowest BCUT2D eigenvalue weighted by atomic mass is 10.1. The second-order valence-corrected chi connectivity index (χ2v) is 7.25. The lowest BCUT2D eigenvalue weighted by Gasteiger charge is -2.20. The van der Waals surface area contributed by atoms with E-state index < -0.39 is 28.6 Å². The Labute approximate surface area is 141 Å². The van der Waals surface area contributed by atoms with Crippen molar-refractivity contribution in [1.29, 1.82) is 0 Å². The number of unbranched alkanes of at least 4 members (excludes halogenated alkanes) is 1. The zero-order valence-electron chi connectivity index (χ0n) is 13.7. The van der Waals surface area contributed by atoms with Crippen molar-refractivity contribution in [1.82, 2.24) is 10.2 Å². The number of nitrogens with one attached hydrogen (secondary N) is 2. The molecule has 1 atom stereocenters. The SMILES string of the molecule is CC(C)[C@@H](NS(=O)(=O)c1ccc(OCCCCF)cc1)C(=O)NO. The van der Waals surface area contributed by atoms with Crippen LogP contribution >= 0.6 is 0 Å². The summed E-state index contributed by atoms with van der Waals surface area (Å²) in [6.45, 7) is 3.25. The molecule has 7 nitrogen and oxygen atoms in total. The fourth-order valence-corrected chi connectivity index (χ4v) is 3.24. The molecular formula is C15H23FN2O5S. The molecule has 1 aromatic carbocycles. The molecule has 24 heavy (non-hydrogen) atoms. The van der Waals surface area contributed by atoms with E-state index in [1.165, 1.54) is 29.7 Å². The number of benzene rings is 1. The number of hydroxylamine groups is 1. The van der Waals surface area contributed by atoms with Gasteiger partial charge in [0.25, 0.3) is 5.91 Å². The molecular weight excluding hydrogens is 339 g/mol. The fourth-order valence-electron chi connectivity index (χ4n) is 1.90. The Morgan fingerprint density at radius 2 is 1.88 bits per heavy atom. The van der Waals surface area contributed by atoms with Gasteiger partial charge in [-0.2, -0.15) is 4.72 Å². The second kappa shape index (κ2) is 9.55. The van der Waals surface area contributed by atoms with Gasteiger partial charge in [-0.1, -0.05) is 13.8 Å². The Morgan fingerprint density at radius 3 is 2.38 bits per heavy atom. The smallest absolute Gasteiger partial charge is 0.261 e. The van der Waals surface area contributed by atoms with Gasteiger partial charge in [-0.05, 0) is 43.0 Å². The molecule has 0 spiro atoms. The van der Waals surface area contributed by atoms with Crippen LogP contribution in [0.1, 0.15) is 26.7 Å². The summed E-state index contributed by atoms with van der Waals surface area (Å²) in [6, 6.07) is 4.57. The maximum absolute atomic E-state index is 12.3. The van der Waals surface area contributed by atoms with Gasteiger partial charge in [-0.3, -0.25) is 14.4 Å². The topological polar surface area (TPSA) is 105 Å². The van der Waals surface area contributed by atoms with Gasteiger partial charge >= 0.3 is 0 Å². The van der Waals surface area contributed by atoms with E-state index in [0.29, 0.717) is 25.2 Å². The molecule has 0 aliphatic rings. The number of ether oxygens (including phenoxy) is 1. The summed E-state index contributed by atoms with van der Waals surface area (Å²) in [4.78, 5) is 11.5. The summed E-state index contributed by atoms with van der Waals surface area (Å²) in [5.41, 5.74) is 1.45. The first-order valence-electron chi connectivity index (χ1n) is 7.57. The monoisotopic (exact) mass is 362 g/mol. The van der Waals surface area contributed by atoms with Crippen molar-refractivity contribution in [3.05, 3.63) is 24.3 Å². The summed E-state index contributed by atoms with van der Waals surface area (Å²) in [5.74, 6) is -0.715. The Kier molecular flexibility index (Phi) is 8.09. The number of rotatable bonds is 10. The number of hydrogen-bond acceptors (Lipinski definition) is 5. The van der Waals surface area contributed by atoms with Crippen LogP contribution in [0.4, 0.5) is 4.39 Å². The molecule has 0 aromatic heterocycles. The number of alkyl halides is 1. The summed E-state index contributed by atoms with van der Waals surface area (Å²) in [6.07, 6.45) is 0.990. The lowest BCUT2D eigenvalue weighted by molar-refractivity contribution is -0.131. The molecule has 0 saturated heterocycles. The minimum atomic E-state index is -3.93. The van der Waals surface area contributed by atoms with Gasteiger partial charge in [-0.15, -0.1) is 0 Å². The highest BCUT2D eigenvalue weighted by Gasteiger charge is 2.28. The molecule has 1 rings (SSSR count). The third-order valence-electron chi connectivity index (χ3n) is 3.27. The predicted octanol–water partition coefficient (Wildman–Crippen LogP) is 1.62. The molecule has 0 heterocycles. The predicted molar refractivity (Wildman–Crippen MR) is 86.0 cm³/mol. The van der Waals surface area contributed by atoms with Gasteiger partial charge in [-0.25, -0.2) is 13.9 Å². The van der Waals surface area contributed by atoms with E-state index in [-0.39, 0.29) is 10.8 Å². The molecule has 0 unspecified atom stereocenters. The Hall–Kier alpha value is -1.71. The van der Waals surface area contributed by atoms with Gasteiger partial charge in [0.05, 0.1) is 18.2 Å². The van der Waals surface area contributed by atoms with Crippen LogP contribution in [0.2, 0.25) is 0 Å². The van der Waals surface area contributed by atoms with E-state index in [4.69, 9.17) is 9.94 Å². The normalized spacial score (nSPS) is 12.9. The number of amides is 1. The van der Waals surface area contributed by atoms with Crippen molar-refractivity contribution in [3.8, 4) is 5.75 Å². The highest BCUT2D eigenvalue weighted by atomic mass is 32.2. The average Bonchev–Trinajstić information content (AvgIpc) is 2.56. The molecule has 0 aliphatic heterocycles. The van der Waals surface area contributed by atoms with Crippen LogP contribution in [0.3, 0.4) is 0 Å². The van der Waals surface area contributed by atoms with Crippen molar-refractivity contribution in [2.75, 3.05) is 13.3 Å². The standard InChI is InChI=1S/C15H23FN2O5S/c1-11(2)14(15(19)17-20)18-24(21,22)13-7-5-12(6-8-13)23-10-4-3-9-16/h5-8,11,14,18,20H,3-4,9-10H2,1-2H3,(H,17,19)/t14-/m1/s1. The molecule has 1 aromatic rings. The van der Waals surface area contributed by atoms with E-state index in [1.54, 1.807) is 13.8 Å². The minimum absolute atomic E-state index is 0.0324. The molecule has 9 heteroatoms. The third-order valence-corrected chi connectivity index (χ3v) is 4.73. The lowest BCUT2D eigenvalue weighted by Crippen LogP contribution is -2.48. The summed E-state index contributed by atoms with van der Waals surface area (Å²) < 4.78 is 44.2. The van der Waals surface area contributed by atoms with Crippen LogP contribution in [0.25, 0.3) is 0 Å². The molecule has 0 radical (unpaired) electrons. The van der Waals surface area contributed by atoms with Gasteiger partial charge in [0, 0.05) is 0 Å². The summed E-state index contributed by atoms with van der Waals surface area (Å²) in [5, 5.41) is 8.70. The highest BCUT2D eigenvalue weighted by Crippen LogP contribution is 2.17. The van der Waals surface area contributed by atoms with E-state index in [1.807, 2.05) is 0 Å². The number of halogens is 1. The van der Waals surface area contributed by atoms with Gasteiger partial charge in [0.15, 0.2) is 0 Å². The van der Waals surface area contributed by atoms with Gasteiger partial charge in [0.2, 0.25) is 10.0 Å². The highest BCUT2D eigenvalue weighted by molar-refractivity contribution is 7.89. The first kappa shape index (κ1) is 20.3. The molecule has 0 fully saturated rings. The second-order valence-electron chi connectivity index (χ2n) is 5.53. The molecule has 0 saturated carbocycles. The molecule has 0 aliphatic carbocycles. The first-order chi connectivity index (χ1) is 11.3. The van der Waals surface area contributed by atoms with Crippen LogP contribution in [0, 0.1) is 5.92 Å². The van der Waals surface area contributed by atoms with Crippen LogP contribution in [-0.2, 0) is 14.8 Å². The minimum Gasteiger partial charge on any atom is -0.494 e. The van der Waals surface area contributed by atoms with Crippen LogP contribution < -0.4 is 14.9 Å². The largest absolute Gasteiger partial charge is 0.494 e. The number of sulfonamides is 1. The van der Waals surface area contributed by atoms with E-state index in [9.17, 15) is 17.6 Å². The molecule has 3 N–H and O–H groups in total. The van der Waals surface area contributed by atoms with Crippen molar-refractivity contribution < 1.29 is 27.5 Å². The maximum atomic E-state index is 12.3. The van der Waals surface area contributed by atoms with Crippen LogP contribution in [0.5, 0.6) is 5.75 Å². The zero-order chi connectivity index (χ0) is 18.2. The number of carbonyl (C=O) groups excluding carboxylic acids is 1. The number of hydrogen-bond donors (Lipinski definition) is 3. The summed E-state index contributed by atoms with van der Waals surface area (Å²) in [7, 11) is -3.93. The summed E-state index contributed by atoms with van der Waals surface area (Å²) >= 11 is 0. The van der Waals surface area contributed by atoms with E-state index in [2.05, 4.69) is 4.72 Å². The molecule has 0 bridgehead atoms. The Bertz CT molecular complexity index is 619. The fraction of sp³-hybridized carbons (Fsp3) is 0.533. The van der Waals surface area contributed by atoms with Gasteiger partial charge < -0.3 is 4.74 Å². The Morgan fingerprint density at radius 1 is 1.25 bits per heavy atom. The van der Waals surface area contributed by atoms with Crippen LogP contribution in [0.15, 0.2) is 29.2 Å². The maximum Gasteiger partial charge on any atom is 0.261 e. The van der Waals surface area contributed by atoms with E-state index >= 15 is 0 Å². The third kappa shape index (κ3) is 6.06. The van der Waals surface area contributed by atoms with Crippen molar-refractivity contribution in [2.24, 2.45) is 5.92 Å². The van der Waals surface area contributed by atoms with Crippen LogP contribution in [-0.4, -0.2) is 38.9 Å². The first-order valence-corrected chi connectivity index (χ1v) is 9.05. The van der Waals surface area contributed by atoms with Gasteiger partial charge in [0.1, 0.15) is 11.8 Å². The molecule has 1 amide bonds. The zero-order valence-corrected chi connectivity index (χ0v) is 14.5. The van der Waals surface area contributed by atoms with E-state index in [0.717, 1.165) is 0 Å². The quantitative estimate of drug-likeness (QED) is 0.333. The number of carbonyl (C=O) groups is 1. The Balaban J connectivity index is 2.78. The van der Waals surface area contributed by atoms with Crippen molar-refractivity contribution in [2.45, 2.75) is 37.6 Å². The molecule has 136 valence electrons. The average molecular weight is 362 g/mol. The van der Waals surface area contributed by atoms with Crippen molar-refractivity contribution >= 4 is 15.9 Å². The van der Waals surface area contributed by atoms with Crippen molar-refractivity contribution in [3.63, 3.8) is 0 Å².